The number of carbonyl (C=O) groups is 2. The van der Waals surface area contributed by atoms with Crippen molar-refractivity contribution in [1.82, 2.24) is 0 Å². The summed E-state index contributed by atoms with van der Waals surface area (Å²) in [4.78, 5) is 25.8. The van der Waals surface area contributed by atoms with Gasteiger partial charge in [-0.1, -0.05) is 13.2 Å². The molecule has 0 fully saturated rings. The topological polar surface area (TPSA) is 34.1 Å². The Bertz CT molecular complexity index is 736. The van der Waals surface area contributed by atoms with Crippen LogP contribution in [0.1, 0.15) is 34.6 Å². The van der Waals surface area contributed by atoms with E-state index in [1.165, 1.54) is 0 Å². The molecule has 0 heterocycles. The van der Waals surface area contributed by atoms with E-state index in [4.69, 9.17) is 0 Å². The van der Waals surface area contributed by atoms with Gasteiger partial charge < -0.3 is 0 Å². The average Bonchev–Trinajstić information content (AvgIpc) is 2.61. The lowest BCUT2D eigenvalue weighted by atomic mass is 10.1. The number of Topliss-reactive ketones (excluding diaryl/α,β-unsaturated/α-hetero) is 2. The van der Waals surface area contributed by atoms with Gasteiger partial charge in [0, 0.05) is 20.9 Å². The molecule has 0 spiro atoms. The van der Waals surface area contributed by atoms with Crippen molar-refractivity contribution in [2.75, 3.05) is 0 Å². The molecule has 2 aromatic rings. The fraction of sp³-hybridized carbons (Fsp3) is 0.100. The van der Waals surface area contributed by atoms with E-state index in [0.717, 1.165) is 9.79 Å². The summed E-state index contributed by atoms with van der Waals surface area (Å²) in [6.45, 7) is 10.8. The van der Waals surface area contributed by atoms with Crippen LogP contribution in [0.5, 0.6) is 0 Å². The van der Waals surface area contributed by atoms with Crippen LogP contribution in [0.2, 0.25) is 0 Å². The Hall–Kier alpha value is -1.69. The van der Waals surface area contributed by atoms with Crippen molar-refractivity contribution in [2.45, 2.75) is 23.6 Å². The van der Waals surface area contributed by atoms with Crippen molar-refractivity contribution in [3.63, 3.8) is 0 Å². The van der Waals surface area contributed by atoms with Crippen LogP contribution in [0.25, 0.3) is 0 Å². The highest BCUT2D eigenvalue weighted by Crippen LogP contribution is 2.44. The number of rotatable bonds is 8. The molecule has 0 radical (unpaired) electrons. The van der Waals surface area contributed by atoms with Gasteiger partial charge in [-0.05, 0) is 105 Å². The largest absolute Gasteiger partial charge is 0.289 e. The van der Waals surface area contributed by atoms with E-state index in [1.807, 2.05) is 48.5 Å². The summed E-state index contributed by atoms with van der Waals surface area (Å²) in [5, 5.41) is 0. The molecular formula is C20H18O2S3. The van der Waals surface area contributed by atoms with Crippen molar-refractivity contribution in [3.05, 3.63) is 84.0 Å². The van der Waals surface area contributed by atoms with Crippen LogP contribution in [0.4, 0.5) is 0 Å². The molecule has 0 bridgehead atoms. The van der Waals surface area contributed by atoms with E-state index in [9.17, 15) is 9.59 Å². The molecule has 0 aliphatic heterocycles. The van der Waals surface area contributed by atoms with Crippen LogP contribution >= 0.6 is 31.4 Å². The lowest BCUT2D eigenvalue weighted by molar-refractivity contribution is 0.102. The molecule has 25 heavy (non-hydrogen) atoms. The molecule has 2 rings (SSSR count). The minimum Gasteiger partial charge on any atom is -0.289 e. The predicted octanol–water partition coefficient (Wildman–Crippen LogP) is 6.65. The first-order valence-corrected chi connectivity index (χ1v) is 11.0. The summed E-state index contributed by atoms with van der Waals surface area (Å²) in [6, 6.07) is 15.0. The Morgan fingerprint density at radius 1 is 0.680 bits per heavy atom. The Kier molecular flexibility index (Phi) is 7.17. The third-order valence-corrected chi connectivity index (χ3v) is 7.12. The minimum atomic E-state index is -0.0250. The van der Waals surface area contributed by atoms with Gasteiger partial charge in [-0.15, -0.1) is 0 Å². The third-order valence-electron chi connectivity index (χ3n) is 3.27. The van der Waals surface area contributed by atoms with Crippen LogP contribution in [0.3, 0.4) is 0 Å². The van der Waals surface area contributed by atoms with Crippen molar-refractivity contribution >= 4 is 43.0 Å². The van der Waals surface area contributed by atoms with E-state index in [1.54, 1.807) is 45.3 Å². The molecule has 0 N–H and O–H groups in total. The summed E-state index contributed by atoms with van der Waals surface area (Å²) in [6.07, 6.45) is 0. The van der Waals surface area contributed by atoms with E-state index >= 15 is 0 Å². The van der Waals surface area contributed by atoms with E-state index in [0.29, 0.717) is 22.3 Å². The number of carbonyl (C=O) groups excluding carboxylic acids is 2. The SMILES string of the molecule is C=C(C)C(=O)c1ccc(SSSc2ccc(C(=O)C(=C)C)cc2)cc1. The maximum atomic E-state index is 11.8. The Morgan fingerprint density at radius 2 is 1.00 bits per heavy atom. The Morgan fingerprint density at radius 3 is 1.28 bits per heavy atom. The normalized spacial score (nSPS) is 10.3. The Labute approximate surface area is 160 Å². The number of hydrogen-bond acceptors (Lipinski definition) is 5. The second kappa shape index (κ2) is 9.13. The van der Waals surface area contributed by atoms with Gasteiger partial charge in [0.15, 0.2) is 11.6 Å². The molecule has 0 aromatic heterocycles. The van der Waals surface area contributed by atoms with Crippen molar-refractivity contribution in [2.24, 2.45) is 0 Å². The van der Waals surface area contributed by atoms with Crippen molar-refractivity contribution in [3.8, 4) is 0 Å². The minimum absolute atomic E-state index is 0.0250. The lowest BCUT2D eigenvalue weighted by Gasteiger charge is -2.04. The lowest BCUT2D eigenvalue weighted by Crippen LogP contribution is -1.98. The molecule has 0 aliphatic carbocycles. The number of benzene rings is 2. The van der Waals surface area contributed by atoms with Crippen molar-refractivity contribution < 1.29 is 9.59 Å². The van der Waals surface area contributed by atoms with Gasteiger partial charge in [-0.2, -0.15) is 0 Å². The Balaban J connectivity index is 1.88. The molecule has 0 saturated carbocycles. The maximum absolute atomic E-state index is 11.8. The quantitative estimate of drug-likeness (QED) is 0.288. The summed E-state index contributed by atoms with van der Waals surface area (Å²) in [5.41, 5.74) is 2.40. The van der Waals surface area contributed by atoms with Crippen LogP contribution in [-0.4, -0.2) is 11.6 Å². The fourth-order valence-corrected chi connectivity index (χ4v) is 5.56. The third kappa shape index (κ3) is 5.66. The molecule has 128 valence electrons. The van der Waals surface area contributed by atoms with Gasteiger partial charge in [-0.25, -0.2) is 0 Å². The molecule has 0 saturated heterocycles. The zero-order valence-electron chi connectivity index (χ0n) is 14.1. The first kappa shape index (κ1) is 19.6. The van der Waals surface area contributed by atoms with Crippen LogP contribution in [0.15, 0.2) is 82.6 Å². The number of ketones is 2. The first-order chi connectivity index (χ1) is 11.9. The highest BCUT2D eigenvalue weighted by Gasteiger charge is 2.08. The van der Waals surface area contributed by atoms with Gasteiger partial charge in [0.1, 0.15) is 0 Å². The molecule has 0 atom stereocenters. The predicted molar refractivity (Wildman–Crippen MR) is 110 cm³/mol. The average molecular weight is 387 g/mol. The van der Waals surface area contributed by atoms with Gasteiger partial charge in [0.2, 0.25) is 0 Å². The number of allylic oxidation sites excluding steroid dienone is 2. The van der Waals surface area contributed by atoms with Gasteiger partial charge in [0.05, 0.1) is 0 Å². The summed E-state index contributed by atoms with van der Waals surface area (Å²) < 4.78 is 0. The van der Waals surface area contributed by atoms with E-state index < -0.39 is 0 Å². The van der Waals surface area contributed by atoms with E-state index in [2.05, 4.69) is 13.2 Å². The molecule has 2 nitrogen and oxygen atoms in total. The standard InChI is InChI=1S/C20H18O2S3/c1-13(2)19(21)15-5-9-17(10-6-15)23-25-24-18-11-7-16(8-12-18)20(22)14(3)4/h5-12H,1,3H2,2,4H3. The summed E-state index contributed by atoms with van der Waals surface area (Å²) in [5.74, 6) is -0.0500. The van der Waals surface area contributed by atoms with Gasteiger partial charge in [-0.3, -0.25) is 9.59 Å². The monoisotopic (exact) mass is 386 g/mol. The highest BCUT2D eigenvalue weighted by atomic mass is 33.5. The fourth-order valence-electron chi connectivity index (χ4n) is 1.91. The van der Waals surface area contributed by atoms with Crippen LogP contribution in [-0.2, 0) is 0 Å². The van der Waals surface area contributed by atoms with Gasteiger partial charge >= 0.3 is 0 Å². The molecular weight excluding hydrogens is 368 g/mol. The zero-order valence-corrected chi connectivity index (χ0v) is 16.5. The molecule has 0 unspecified atom stereocenters. The van der Waals surface area contributed by atoms with Crippen LogP contribution in [0, 0.1) is 0 Å². The van der Waals surface area contributed by atoms with E-state index in [-0.39, 0.29) is 11.6 Å². The summed E-state index contributed by atoms with van der Waals surface area (Å²) in [7, 11) is 4.88. The molecule has 5 heteroatoms. The molecule has 0 aliphatic rings. The highest BCUT2D eigenvalue weighted by molar-refractivity contribution is 9.09. The first-order valence-electron chi connectivity index (χ1n) is 7.50. The van der Waals surface area contributed by atoms with Crippen molar-refractivity contribution in [1.29, 1.82) is 0 Å². The second-order valence-corrected chi connectivity index (χ2v) is 9.55. The summed E-state index contributed by atoms with van der Waals surface area (Å²) >= 11 is 0. The second-order valence-electron chi connectivity index (χ2n) is 5.50. The molecule has 2 aromatic carbocycles. The van der Waals surface area contributed by atoms with Crippen LogP contribution < -0.4 is 0 Å². The molecule has 0 amide bonds. The number of hydrogen-bond donors (Lipinski definition) is 0. The smallest absolute Gasteiger partial charge is 0.188 e. The maximum Gasteiger partial charge on any atom is 0.188 e. The van der Waals surface area contributed by atoms with Gasteiger partial charge in [0.25, 0.3) is 0 Å². The zero-order chi connectivity index (χ0) is 18.4.